The SMILES string of the molecule is CCC1CCN(CC(=O)N2CCCC(C)C2)C(C(=O)O)C1. The van der Waals surface area contributed by atoms with Crippen LogP contribution in [0.1, 0.15) is 46.0 Å². The largest absolute Gasteiger partial charge is 0.480 e. The molecular formula is C16H28N2O3. The van der Waals surface area contributed by atoms with E-state index in [0.29, 0.717) is 18.3 Å². The van der Waals surface area contributed by atoms with Gasteiger partial charge in [0.15, 0.2) is 0 Å². The van der Waals surface area contributed by atoms with E-state index in [9.17, 15) is 14.7 Å². The van der Waals surface area contributed by atoms with Crippen molar-refractivity contribution in [2.45, 2.75) is 52.0 Å². The Labute approximate surface area is 127 Å². The number of carboxylic acid groups (broad SMARTS) is 1. The number of piperidine rings is 2. The van der Waals surface area contributed by atoms with Crippen molar-refractivity contribution in [3.05, 3.63) is 0 Å². The van der Waals surface area contributed by atoms with E-state index in [1.165, 1.54) is 6.42 Å². The molecule has 5 nitrogen and oxygen atoms in total. The number of carbonyl (C=O) groups excluding carboxylic acids is 1. The van der Waals surface area contributed by atoms with E-state index in [-0.39, 0.29) is 12.5 Å². The van der Waals surface area contributed by atoms with Crippen molar-refractivity contribution in [3.8, 4) is 0 Å². The number of likely N-dealkylation sites (tertiary alicyclic amines) is 2. The van der Waals surface area contributed by atoms with Gasteiger partial charge in [-0.25, -0.2) is 0 Å². The summed E-state index contributed by atoms with van der Waals surface area (Å²) in [5.41, 5.74) is 0. The first-order chi connectivity index (χ1) is 10.0. The quantitative estimate of drug-likeness (QED) is 0.859. The van der Waals surface area contributed by atoms with Crippen LogP contribution in [0.4, 0.5) is 0 Å². The van der Waals surface area contributed by atoms with Gasteiger partial charge >= 0.3 is 5.97 Å². The molecular weight excluding hydrogens is 268 g/mol. The number of rotatable bonds is 4. The van der Waals surface area contributed by atoms with Crippen molar-refractivity contribution in [1.82, 2.24) is 9.80 Å². The number of amides is 1. The lowest BCUT2D eigenvalue weighted by atomic mass is 9.89. The monoisotopic (exact) mass is 296 g/mol. The molecule has 2 aliphatic heterocycles. The second-order valence-electron chi connectivity index (χ2n) is 6.71. The topological polar surface area (TPSA) is 60.9 Å². The summed E-state index contributed by atoms with van der Waals surface area (Å²) in [5, 5.41) is 9.42. The van der Waals surface area contributed by atoms with Crippen LogP contribution >= 0.6 is 0 Å². The van der Waals surface area contributed by atoms with Gasteiger partial charge in [0.25, 0.3) is 0 Å². The van der Waals surface area contributed by atoms with Gasteiger partial charge in [0.1, 0.15) is 6.04 Å². The van der Waals surface area contributed by atoms with E-state index in [1.54, 1.807) is 0 Å². The van der Waals surface area contributed by atoms with E-state index >= 15 is 0 Å². The molecule has 2 rings (SSSR count). The molecule has 2 aliphatic rings. The van der Waals surface area contributed by atoms with Gasteiger partial charge in [0.2, 0.25) is 5.91 Å². The molecule has 21 heavy (non-hydrogen) atoms. The van der Waals surface area contributed by atoms with Crippen molar-refractivity contribution >= 4 is 11.9 Å². The minimum Gasteiger partial charge on any atom is -0.480 e. The summed E-state index contributed by atoms with van der Waals surface area (Å²) in [6.45, 7) is 6.92. The zero-order chi connectivity index (χ0) is 15.4. The summed E-state index contributed by atoms with van der Waals surface area (Å²) in [6.07, 6.45) is 4.95. The van der Waals surface area contributed by atoms with E-state index in [0.717, 1.165) is 38.9 Å². The average molecular weight is 296 g/mol. The molecule has 0 aromatic carbocycles. The third kappa shape index (κ3) is 4.19. The molecule has 1 amide bonds. The fraction of sp³-hybridized carbons (Fsp3) is 0.875. The highest BCUT2D eigenvalue weighted by atomic mass is 16.4. The van der Waals surface area contributed by atoms with Crippen LogP contribution in [0.25, 0.3) is 0 Å². The first-order valence-corrected chi connectivity index (χ1v) is 8.25. The lowest BCUT2D eigenvalue weighted by Gasteiger charge is -2.38. The molecule has 2 saturated heterocycles. The Kier molecular flexibility index (Phi) is 5.62. The van der Waals surface area contributed by atoms with Gasteiger partial charge in [-0.1, -0.05) is 20.3 Å². The zero-order valence-corrected chi connectivity index (χ0v) is 13.3. The molecule has 0 bridgehead atoms. The molecule has 0 saturated carbocycles. The highest BCUT2D eigenvalue weighted by molar-refractivity contribution is 5.80. The summed E-state index contributed by atoms with van der Waals surface area (Å²) in [7, 11) is 0. The normalized spacial score (nSPS) is 31.1. The molecule has 3 atom stereocenters. The number of nitrogens with zero attached hydrogens (tertiary/aromatic N) is 2. The van der Waals surface area contributed by atoms with Crippen LogP contribution < -0.4 is 0 Å². The number of aliphatic carboxylic acids is 1. The molecule has 2 heterocycles. The van der Waals surface area contributed by atoms with Crippen LogP contribution in [-0.2, 0) is 9.59 Å². The van der Waals surface area contributed by atoms with Gasteiger partial charge in [-0.2, -0.15) is 0 Å². The minimum atomic E-state index is -0.784. The Morgan fingerprint density at radius 3 is 2.62 bits per heavy atom. The van der Waals surface area contributed by atoms with Gasteiger partial charge < -0.3 is 10.0 Å². The van der Waals surface area contributed by atoms with E-state index in [4.69, 9.17) is 0 Å². The predicted molar refractivity (Wildman–Crippen MR) is 81.0 cm³/mol. The number of hydrogen-bond acceptors (Lipinski definition) is 3. The van der Waals surface area contributed by atoms with Crippen molar-refractivity contribution in [1.29, 1.82) is 0 Å². The maximum atomic E-state index is 12.4. The molecule has 5 heteroatoms. The van der Waals surface area contributed by atoms with Gasteiger partial charge in [-0.15, -0.1) is 0 Å². The summed E-state index contributed by atoms with van der Waals surface area (Å²) < 4.78 is 0. The molecule has 1 N–H and O–H groups in total. The highest BCUT2D eigenvalue weighted by Crippen LogP contribution is 2.26. The maximum absolute atomic E-state index is 12.4. The Morgan fingerprint density at radius 1 is 1.24 bits per heavy atom. The average Bonchev–Trinajstić information content (AvgIpc) is 2.47. The second kappa shape index (κ2) is 7.25. The van der Waals surface area contributed by atoms with E-state index in [2.05, 4.69) is 13.8 Å². The summed E-state index contributed by atoms with van der Waals surface area (Å²) in [4.78, 5) is 27.7. The van der Waals surface area contributed by atoms with Crippen LogP contribution in [0.2, 0.25) is 0 Å². The Morgan fingerprint density at radius 2 is 2.00 bits per heavy atom. The molecule has 0 aliphatic carbocycles. The standard InChI is InChI=1S/C16H28N2O3/c1-3-13-6-8-17(14(9-13)16(20)21)11-15(19)18-7-4-5-12(2)10-18/h12-14H,3-11H2,1-2H3,(H,20,21). The molecule has 2 fully saturated rings. The highest BCUT2D eigenvalue weighted by Gasteiger charge is 2.34. The molecule has 120 valence electrons. The minimum absolute atomic E-state index is 0.0998. The van der Waals surface area contributed by atoms with Crippen molar-refractivity contribution in [2.24, 2.45) is 11.8 Å². The van der Waals surface area contributed by atoms with Crippen LogP contribution in [0, 0.1) is 11.8 Å². The van der Waals surface area contributed by atoms with Gasteiger partial charge in [0, 0.05) is 13.1 Å². The Bertz CT molecular complexity index is 386. The van der Waals surface area contributed by atoms with Crippen LogP contribution in [0.3, 0.4) is 0 Å². The van der Waals surface area contributed by atoms with Crippen LogP contribution in [0.5, 0.6) is 0 Å². The van der Waals surface area contributed by atoms with Gasteiger partial charge in [-0.3, -0.25) is 14.5 Å². The third-order valence-corrected chi connectivity index (χ3v) is 5.03. The third-order valence-electron chi connectivity index (χ3n) is 5.03. The fourth-order valence-corrected chi connectivity index (χ4v) is 3.59. The lowest BCUT2D eigenvalue weighted by molar-refractivity contribution is -0.147. The maximum Gasteiger partial charge on any atom is 0.320 e. The lowest BCUT2D eigenvalue weighted by Crippen LogP contribution is -2.52. The van der Waals surface area contributed by atoms with Gasteiger partial charge in [-0.05, 0) is 44.1 Å². The number of carboxylic acids is 1. The van der Waals surface area contributed by atoms with E-state index < -0.39 is 12.0 Å². The first-order valence-electron chi connectivity index (χ1n) is 8.25. The molecule has 3 unspecified atom stereocenters. The Balaban J connectivity index is 1.93. The Hall–Kier alpha value is -1.10. The van der Waals surface area contributed by atoms with Crippen molar-refractivity contribution < 1.29 is 14.7 Å². The van der Waals surface area contributed by atoms with Crippen LogP contribution in [0.15, 0.2) is 0 Å². The summed E-state index contributed by atoms with van der Waals surface area (Å²) >= 11 is 0. The second-order valence-corrected chi connectivity index (χ2v) is 6.71. The van der Waals surface area contributed by atoms with Crippen molar-refractivity contribution in [3.63, 3.8) is 0 Å². The first kappa shape index (κ1) is 16.3. The number of hydrogen-bond donors (Lipinski definition) is 1. The molecule has 0 aromatic heterocycles. The van der Waals surface area contributed by atoms with Gasteiger partial charge in [0.05, 0.1) is 6.54 Å². The summed E-state index contributed by atoms with van der Waals surface area (Å²) in [6, 6.07) is -0.491. The predicted octanol–water partition coefficient (Wildman–Crippen LogP) is 1.82. The zero-order valence-electron chi connectivity index (χ0n) is 13.3. The molecule has 0 spiro atoms. The van der Waals surface area contributed by atoms with E-state index in [1.807, 2.05) is 9.80 Å². The number of carbonyl (C=O) groups is 2. The van der Waals surface area contributed by atoms with Crippen LogP contribution in [-0.4, -0.2) is 59.0 Å². The summed E-state index contributed by atoms with van der Waals surface area (Å²) in [5.74, 6) is 0.354. The molecule has 0 aromatic rings. The molecule has 0 radical (unpaired) electrons. The fourth-order valence-electron chi connectivity index (χ4n) is 3.59. The smallest absolute Gasteiger partial charge is 0.320 e. The van der Waals surface area contributed by atoms with Crippen molar-refractivity contribution in [2.75, 3.05) is 26.2 Å².